The Morgan fingerprint density at radius 2 is 2.09 bits per heavy atom. The maximum atomic E-state index is 12.3. The minimum absolute atomic E-state index is 0.0538. The highest BCUT2D eigenvalue weighted by Gasteiger charge is 2.30. The van der Waals surface area contributed by atoms with Crippen LogP contribution in [0.25, 0.3) is 0 Å². The molecule has 1 atom stereocenters. The Morgan fingerprint density at radius 3 is 2.65 bits per heavy atom. The molecule has 0 saturated carbocycles. The van der Waals surface area contributed by atoms with Gasteiger partial charge < -0.3 is 26.2 Å². The average Bonchev–Trinajstić information content (AvgIpc) is 2.46. The lowest BCUT2D eigenvalue weighted by molar-refractivity contribution is 0.0210. The number of hydrogen-bond donors (Lipinski definition) is 3. The van der Waals surface area contributed by atoms with Crippen molar-refractivity contribution in [1.29, 1.82) is 0 Å². The molecular formula is C16H25BN4O2. The van der Waals surface area contributed by atoms with Crippen molar-refractivity contribution < 1.29 is 9.53 Å². The number of carbonyl (C=O) groups excluding carboxylic acids is 1. The maximum Gasteiger partial charge on any atom is 0.410 e. The smallest absolute Gasteiger partial charge is 0.410 e. The maximum absolute atomic E-state index is 12.3. The third-order valence-electron chi connectivity index (χ3n) is 3.90. The molecule has 0 saturated heterocycles. The molecule has 4 N–H and O–H groups in total. The Balaban J connectivity index is 2.09. The Morgan fingerprint density at radius 1 is 1.39 bits per heavy atom. The molecule has 1 heterocycles. The van der Waals surface area contributed by atoms with Gasteiger partial charge in [0.25, 0.3) is 0 Å². The van der Waals surface area contributed by atoms with E-state index in [1.54, 1.807) is 18.0 Å². The summed E-state index contributed by atoms with van der Waals surface area (Å²) in [6.07, 6.45) is 5.61. The molecule has 7 heteroatoms. The number of carbonyl (C=O) groups is 1. The lowest BCUT2D eigenvalue weighted by atomic mass is 9.89. The summed E-state index contributed by atoms with van der Waals surface area (Å²) in [5, 5.41) is 0. The number of hydrazine groups is 1. The van der Waals surface area contributed by atoms with Gasteiger partial charge in [0.15, 0.2) is 0 Å². The summed E-state index contributed by atoms with van der Waals surface area (Å²) in [6.45, 7) is 5.59. The van der Waals surface area contributed by atoms with Crippen LogP contribution in [0.3, 0.4) is 0 Å². The Bertz CT molecular complexity index is 575. The average molecular weight is 316 g/mol. The molecule has 2 aliphatic rings. The van der Waals surface area contributed by atoms with Crippen molar-refractivity contribution in [3.05, 3.63) is 34.7 Å². The van der Waals surface area contributed by atoms with Crippen molar-refractivity contribution in [2.24, 2.45) is 5.73 Å². The van der Waals surface area contributed by atoms with Gasteiger partial charge in [0.1, 0.15) is 13.4 Å². The van der Waals surface area contributed by atoms with Gasteiger partial charge in [-0.25, -0.2) is 4.79 Å². The van der Waals surface area contributed by atoms with E-state index in [0.717, 1.165) is 29.8 Å². The third-order valence-corrected chi connectivity index (χ3v) is 3.90. The Labute approximate surface area is 139 Å². The first-order valence-electron chi connectivity index (χ1n) is 7.80. The second-order valence-electron chi connectivity index (χ2n) is 6.94. The molecule has 2 radical (unpaired) electrons. The van der Waals surface area contributed by atoms with Crippen LogP contribution in [0.4, 0.5) is 4.79 Å². The zero-order chi connectivity index (χ0) is 17.2. The van der Waals surface area contributed by atoms with Gasteiger partial charge in [0, 0.05) is 18.8 Å². The van der Waals surface area contributed by atoms with E-state index < -0.39 is 5.60 Å². The minimum atomic E-state index is -0.503. The summed E-state index contributed by atoms with van der Waals surface area (Å²) in [5.41, 5.74) is 14.9. The van der Waals surface area contributed by atoms with Crippen molar-refractivity contribution in [1.82, 2.24) is 15.8 Å². The van der Waals surface area contributed by atoms with E-state index in [9.17, 15) is 4.79 Å². The fourth-order valence-electron chi connectivity index (χ4n) is 2.61. The van der Waals surface area contributed by atoms with E-state index in [4.69, 9.17) is 18.3 Å². The largest absolute Gasteiger partial charge is 0.444 e. The Hall–Kier alpha value is -2.05. The summed E-state index contributed by atoms with van der Waals surface area (Å²) in [5.74, 6) is 0. The van der Waals surface area contributed by atoms with E-state index in [-0.39, 0.29) is 12.1 Å². The van der Waals surface area contributed by atoms with Crippen LogP contribution in [0.15, 0.2) is 34.7 Å². The van der Waals surface area contributed by atoms with Crippen molar-refractivity contribution in [3.8, 4) is 0 Å². The van der Waals surface area contributed by atoms with Crippen LogP contribution in [0.1, 0.15) is 40.0 Å². The van der Waals surface area contributed by atoms with E-state index in [2.05, 4.69) is 10.9 Å². The summed E-state index contributed by atoms with van der Waals surface area (Å²) in [6, 6.07) is 0.0538. The number of allylic oxidation sites excluding steroid dienone is 4. The molecule has 2 rings (SSSR count). The van der Waals surface area contributed by atoms with Crippen LogP contribution < -0.4 is 16.6 Å². The molecule has 1 aliphatic heterocycles. The van der Waals surface area contributed by atoms with Crippen molar-refractivity contribution in [2.75, 3.05) is 7.05 Å². The molecular weight excluding hydrogens is 291 g/mol. The van der Waals surface area contributed by atoms with Crippen LogP contribution in [0, 0.1) is 0 Å². The van der Waals surface area contributed by atoms with Crippen LogP contribution in [0.5, 0.6) is 0 Å². The van der Waals surface area contributed by atoms with Gasteiger partial charge in [-0.2, -0.15) is 0 Å². The predicted molar refractivity (Wildman–Crippen MR) is 91.0 cm³/mol. The van der Waals surface area contributed by atoms with Crippen LogP contribution in [-0.2, 0) is 4.74 Å². The number of nitrogens with two attached hydrogens (primary N) is 1. The monoisotopic (exact) mass is 316 g/mol. The zero-order valence-electron chi connectivity index (χ0n) is 14.3. The van der Waals surface area contributed by atoms with Crippen LogP contribution in [0.2, 0.25) is 0 Å². The number of hydrogen-bond acceptors (Lipinski definition) is 5. The highest BCUT2D eigenvalue weighted by atomic mass is 16.6. The standard InChI is InChI=1S/C16H25BN4O2/c1-16(2,3)23-15(22)21(4)10-5-6-12(18)11(9-10)13-7-8-14(17)20-19-13/h7-8,10,19-20H,5-6,9,18H2,1-4H3. The van der Waals surface area contributed by atoms with Gasteiger partial charge >= 0.3 is 6.09 Å². The first kappa shape index (κ1) is 17.3. The lowest BCUT2D eigenvalue weighted by Crippen LogP contribution is -2.43. The molecule has 23 heavy (non-hydrogen) atoms. The molecule has 0 aromatic carbocycles. The molecule has 124 valence electrons. The molecule has 1 amide bonds. The van der Waals surface area contributed by atoms with Gasteiger partial charge in [0.05, 0.1) is 5.70 Å². The van der Waals surface area contributed by atoms with Crippen molar-refractivity contribution in [2.45, 2.75) is 51.7 Å². The molecule has 0 aromatic heterocycles. The van der Waals surface area contributed by atoms with Gasteiger partial charge in [-0.05, 0) is 57.3 Å². The van der Waals surface area contributed by atoms with Crippen LogP contribution in [-0.4, -0.2) is 37.5 Å². The fourth-order valence-corrected chi connectivity index (χ4v) is 2.61. The van der Waals surface area contributed by atoms with E-state index in [1.165, 1.54) is 0 Å². The minimum Gasteiger partial charge on any atom is -0.444 e. The van der Waals surface area contributed by atoms with Gasteiger partial charge in [-0.1, -0.05) is 6.08 Å². The lowest BCUT2D eigenvalue weighted by Gasteiger charge is -2.35. The number of nitrogens with zero attached hydrogens (tertiary/aromatic N) is 1. The molecule has 0 bridgehead atoms. The van der Waals surface area contributed by atoms with Gasteiger partial charge in [0.2, 0.25) is 0 Å². The number of rotatable bonds is 2. The second-order valence-corrected chi connectivity index (χ2v) is 6.94. The molecule has 1 aliphatic carbocycles. The van der Waals surface area contributed by atoms with Gasteiger partial charge in [-0.3, -0.25) is 0 Å². The number of ether oxygens (including phenoxy) is 1. The topological polar surface area (TPSA) is 79.6 Å². The van der Waals surface area contributed by atoms with E-state index in [1.807, 2.05) is 26.8 Å². The summed E-state index contributed by atoms with van der Waals surface area (Å²) < 4.78 is 5.45. The quantitative estimate of drug-likeness (QED) is 0.675. The molecule has 0 aromatic rings. The summed E-state index contributed by atoms with van der Waals surface area (Å²) in [7, 11) is 7.44. The zero-order valence-corrected chi connectivity index (χ0v) is 14.3. The molecule has 0 fully saturated rings. The number of nitrogens with one attached hydrogen (secondary N) is 2. The van der Waals surface area contributed by atoms with Crippen molar-refractivity contribution in [3.63, 3.8) is 0 Å². The molecule has 1 unspecified atom stereocenters. The molecule has 6 nitrogen and oxygen atoms in total. The predicted octanol–water partition coefficient (Wildman–Crippen LogP) is 1.62. The second kappa shape index (κ2) is 6.60. The van der Waals surface area contributed by atoms with E-state index >= 15 is 0 Å². The Kier molecular flexibility index (Phi) is 4.97. The van der Waals surface area contributed by atoms with E-state index in [0.29, 0.717) is 12.0 Å². The van der Waals surface area contributed by atoms with Crippen molar-refractivity contribution >= 4 is 13.9 Å². The normalized spacial score (nSPS) is 21.7. The summed E-state index contributed by atoms with van der Waals surface area (Å²) in [4.78, 5) is 13.9. The first-order valence-corrected chi connectivity index (χ1v) is 7.80. The van der Waals surface area contributed by atoms with Crippen LogP contribution >= 0.6 is 0 Å². The highest BCUT2D eigenvalue weighted by molar-refractivity contribution is 6.21. The third kappa shape index (κ3) is 4.47. The number of amides is 1. The fraction of sp³-hybridized carbons (Fsp3) is 0.562. The SMILES string of the molecule is [B]C1=CC=C(C2=C(N)CCC(N(C)C(=O)OC(C)(C)C)C2)NN1. The first-order chi connectivity index (χ1) is 10.7. The van der Waals surface area contributed by atoms with Gasteiger partial charge in [-0.15, -0.1) is 0 Å². The highest BCUT2D eigenvalue weighted by Crippen LogP contribution is 2.30. The molecule has 0 spiro atoms. The summed E-state index contributed by atoms with van der Waals surface area (Å²) >= 11 is 0.